The van der Waals surface area contributed by atoms with Gasteiger partial charge in [0.15, 0.2) is 0 Å². The van der Waals surface area contributed by atoms with Gasteiger partial charge in [0.05, 0.1) is 5.03 Å². The fourth-order valence-corrected chi connectivity index (χ4v) is 0.820. The molecule has 0 aromatic rings. The smallest absolute Gasteiger partial charge is 0.187 e. The number of unbranched alkanes of at least 4 members (excludes halogenated alkanes) is 2. The Morgan fingerprint density at radius 1 is 1.64 bits per heavy atom. The van der Waals surface area contributed by atoms with Gasteiger partial charge in [-0.2, -0.15) is 8.78 Å². The van der Waals surface area contributed by atoms with Crippen LogP contribution in [0.25, 0.3) is 0 Å². The summed E-state index contributed by atoms with van der Waals surface area (Å²) in [7, 11) is 0. The molecule has 0 aromatic carbocycles. The molecular weight excluding hydrogens is 237 g/mol. The summed E-state index contributed by atoms with van der Waals surface area (Å²) < 4.78 is 24.5. The minimum absolute atomic E-state index is 0.425. The fraction of sp³-hybridized carbons (Fsp3) is 0.714. The van der Waals surface area contributed by atoms with E-state index < -0.39 is 9.86 Å². The second-order valence-corrected chi connectivity index (χ2v) is 3.60. The SMILES string of the molecule is CCCCC=C(Cl)C(F)(F)Br. The molecule has 0 fully saturated rings. The minimum atomic E-state index is -3.05. The lowest BCUT2D eigenvalue weighted by atomic mass is 10.2. The normalized spacial score (nSPS) is 13.7. The molecule has 11 heavy (non-hydrogen) atoms. The molecule has 0 unspecified atom stereocenters. The van der Waals surface area contributed by atoms with Crippen LogP contribution in [0.2, 0.25) is 0 Å². The second-order valence-electron chi connectivity index (χ2n) is 2.19. The summed E-state index contributed by atoms with van der Waals surface area (Å²) in [6.45, 7) is 1.99. The van der Waals surface area contributed by atoms with Crippen molar-refractivity contribution in [3.63, 3.8) is 0 Å². The first-order valence-electron chi connectivity index (χ1n) is 3.41. The van der Waals surface area contributed by atoms with Crippen LogP contribution in [0.15, 0.2) is 11.1 Å². The summed E-state index contributed by atoms with van der Waals surface area (Å²) >= 11 is 7.42. The van der Waals surface area contributed by atoms with Gasteiger partial charge < -0.3 is 0 Å². The fourth-order valence-electron chi connectivity index (χ4n) is 0.549. The van der Waals surface area contributed by atoms with Crippen LogP contribution in [0.3, 0.4) is 0 Å². The van der Waals surface area contributed by atoms with Crippen LogP contribution in [0.4, 0.5) is 8.78 Å². The van der Waals surface area contributed by atoms with Gasteiger partial charge >= 0.3 is 4.83 Å². The Morgan fingerprint density at radius 2 is 2.18 bits per heavy atom. The summed E-state index contributed by atoms with van der Waals surface area (Å²) in [6.07, 6.45) is 3.82. The van der Waals surface area contributed by atoms with E-state index in [0.717, 1.165) is 12.8 Å². The number of rotatable bonds is 4. The summed E-state index contributed by atoms with van der Waals surface area (Å²) in [6, 6.07) is 0. The van der Waals surface area contributed by atoms with Crippen molar-refractivity contribution in [1.29, 1.82) is 0 Å². The zero-order valence-corrected chi connectivity index (χ0v) is 8.55. The number of hydrogen-bond acceptors (Lipinski definition) is 0. The summed E-state index contributed by atoms with van der Waals surface area (Å²) in [4.78, 5) is -3.05. The van der Waals surface area contributed by atoms with Gasteiger partial charge in [0, 0.05) is 0 Å². The average Bonchev–Trinajstić information content (AvgIpc) is 1.86. The first kappa shape index (κ1) is 11.4. The molecule has 0 nitrogen and oxygen atoms in total. The Kier molecular flexibility index (Phi) is 5.26. The topological polar surface area (TPSA) is 0 Å². The van der Waals surface area contributed by atoms with Crippen molar-refractivity contribution in [3.05, 3.63) is 11.1 Å². The van der Waals surface area contributed by atoms with Gasteiger partial charge in [0.25, 0.3) is 0 Å². The molecule has 66 valence electrons. The molecule has 0 aliphatic heterocycles. The van der Waals surface area contributed by atoms with Gasteiger partial charge in [-0.25, -0.2) is 0 Å². The first-order chi connectivity index (χ1) is 4.98. The van der Waals surface area contributed by atoms with Crippen molar-refractivity contribution >= 4 is 27.5 Å². The molecule has 0 saturated heterocycles. The van der Waals surface area contributed by atoms with Gasteiger partial charge in [-0.1, -0.05) is 37.4 Å². The minimum Gasteiger partial charge on any atom is -0.187 e. The lowest BCUT2D eigenvalue weighted by Crippen LogP contribution is -2.03. The third kappa shape index (κ3) is 5.62. The first-order valence-corrected chi connectivity index (χ1v) is 4.58. The van der Waals surface area contributed by atoms with Gasteiger partial charge in [0.1, 0.15) is 0 Å². The Morgan fingerprint density at radius 3 is 2.55 bits per heavy atom. The van der Waals surface area contributed by atoms with E-state index in [9.17, 15) is 8.78 Å². The maximum absolute atomic E-state index is 12.3. The Hall–Kier alpha value is 0.370. The van der Waals surface area contributed by atoms with Crippen molar-refractivity contribution in [1.82, 2.24) is 0 Å². The Balaban J connectivity index is 3.81. The molecule has 0 amide bonds. The average molecular weight is 248 g/mol. The highest BCUT2D eigenvalue weighted by Gasteiger charge is 2.27. The van der Waals surface area contributed by atoms with Crippen molar-refractivity contribution < 1.29 is 8.78 Å². The van der Waals surface area contributed by atoms with Crippen molar-refractivity contribution in [3.8, 4) is 0 Å². The standard InChI is InChI=1S/C7H10BrClF2/c1-2-3-4-5-6(9)7(8,10)11/h5H,2-4H2,1H3. The monoisotopic (exact) mass is 246 g/mol. The van der Waals surface area contributed by atoms with Gasteiger partial charge in [0.2, 0.25) is 0 Å². The molecular formula is C7H10BrClF2. The molecule has 0 rings (SSSR count). The predicted molar refractivity (Wildman–Crippen MR) is 47.3 cm³/mol. The molecule has 0 heterocycles. The van der Waals surface area contributed by atoms with Crippen molar-refractivity contribution in [2.75, 3.05) is 0 Å². The molecule has 0 aliphatic carbocycles. The van der Waals surface area contributed by atoms with E-state index in [1.165, 1.54) is 6.08 Å². The molecule has 0 aromatic heterocycles. The third-order valence-corrected chi connectivity index (χ3v) is 2.20. The number of halogens is 4. The number of hydrogen-bond donors (Lipinski definition) is 0. The van der Waals surface area contributed by atoms with Crippen LogP contribution in [0, 0.1) is 0 Å². The zero-order chi connectivity index (χ0) is 8.91. The van der Waals surface area contributed by atoms with Gasteiger partial charge in [-0.3, -0.25) is 0 Å². The highest BCUT2D eigenvalue weighted by molar-refractivity contribution is 9.10. The largest absolute Gasteiger partial charge is 0.336 e. The molecule has 0 radical (unpaired) electrons. The number of allylic oxidation sites excluding steroid dienone is 2. The Labute approximate surface area is 78.7 Å². The predicted octanol–water partition coefficient (Wildman–Crippen LogP) is 4.29. The summed E-state index contributed by atoms with van der Waals surface area (Å²) in [5, 5.41) is -0.425. The van der Waals surface area contributed by atoms with E-state index in [1.54, 1.807) is 0 Å². The molecule has 0 spiro atoms. The van der Waals surface area contributed by atoms with Crippen LogP contribution in [0.5, 0.6) is 0 Å². The lowest BCUT2D eigenvalue weighted by Gasteiger charge is -2.05. The van der Waals surface area contributed by atoms with Crippen LogP contribution >= 0.6 is 27.5 Å². The molecule has 0 saturated carbocycles. The molecule has 0 atom stereocenters. The van der Waals surface area contributed by atoms with Crippen LogP contribution in [-0.2, 0) is 0 Å². The van der Waals surface area contributed by atoms with E-state index in [0.29, 0.717) is 6.42 Å². The lowest BCUT2D eigenvalue weighted by molar-refractivity contribution is 0.165. The van der Waals surface area contributed by atoms with Gasteiger partial charge in [-0.15, -0.1) is 0 Å². The summed E-state index contributed by atoms with van der Waals surface area (Å²) in [5.74, 6) is 0. The molecule has 4 heteroatoms. The van der Waals surface area contributed by atoms with E-state index in [4.69, 9.17) is 11.6 Å². The van der Waals surface area contributed by atoms with Crippen molar-refractivity contribution in [2.45, 2.75) is 31.0 Å². The van der Waals surface area contributed by atoms with Gasteiger partial charge in [-0.05, 0) is 22.4 Å². The molecule has 0 bridgehead atoms. The van der Waals surface area contributed by atoms with Crippen LogP contribution in [-0.4, -0.2) is 4.83 Å². The highest BCUT2D eigenvalue weighted by Crippen LogP contribution is 2.33. The van der Waals surface area contributed by atoms with Crippen LogP contribution < -0.4 is 0 Å². The van der Waals surface area contributed by atoms with E-state index in [2.05, 4.69) is 15.9 Å². The second kappa shape index (κ2) is 5.09. The zero-order valence-electron chi connectivity index (χ0n) is 6.21. The molecule has 0 aliphatic rings. The maximum atomic E-state index is 12.3. The molecule has 0 N–H and O–H groups in total. The number of alkyl halides is 3. The quantitative estimate of drug-likeness (QED) is 0.514. The van der Waals surface area contributed by atoms with E-state index in [1.807, 2.05) is 6.92 Å². The third-order valence-electron chi connectivity index (χ3n) is 1.15. The van der Waals surface area contributed by atoms with E-state index in [-0.39, 0.29) is 0 Å². The summed E-state index contributed by atoms with van der Waals surface area (Å²) in [5.41, 5.74) is 0. The Bertz CT molecular complexity index is 140. The highest BCUT2D eigenvalue weighted by atomic mass is 79.9. The van der Waals surface area contributed by atoms with Crippen molar-refractivity contribution in [2.24, 2.45) is 0 Å². The van der Waals surface area contributed by atoms with E-state index >= 15 is 0 Å². The maximum Gasteiger partial charge on any atom is 0.336 e. The van der Waals surface area contributed by atoms with Crippen LogP contribution in [0.1, 0.15) is 26.2 Å².